The number of rotatable bonds is 3. The van der Waals surface area contributed by atoms with Gasteiger partial charge in [0.15, 0.2) is 0 Å². The Morgan fingerprint density at radius 1 is 1.48 bits per heavy atom. The molecule has 2 unspecified atom stereocenters. The van der Waals surface area contributed by atoms with E-state index in [2.05, 4.69) is 24.2 Å². The van der Waals surface area contributed by atoms with Crippen LogP contribution in [0.5, 0.6) is 5.75 Å². The number of benzene rings is 1. The zero-order valence-corrected chi connectivity index (χ0v) is 13.0. The Morgan fingerprint density at radius 2 is 2.33 bits per heavy atom. The van der Waals surface area contributed by atoms with E-state index < -0.39 is 0 Å². The minimum atomic E-state index is -0.183. The van der Waals surface area contributed by atoms with Crippen LogP contribution in [-0.2, 0) is 0 Å². The first-order valence-corrected chi connectivity index (χ1v) is 8.02. The van der Waals surface area contributed by atoms with E-state index in [9.17, 15) is 4.39 Å². The van der Waals surface area contributed by atoms with Crippen LogP contribution in [0, 0.1) is 5.82 Å². The van der Waals surface area contributed by atoms with Gasteiger partial charge < -0.3 is 15.0 Å². The lowest BCUT2D eigenvalue weighted by molar-refractivity contribution is -0.0271. The van der Waals surface area contributed by atoms with Crippen LogP contribution in [-0.4, -0.2) is 37.2 Å². The van der Waals surface area contributed by atoms with E-state index >= 15 is 0 Å². The van der Waals surface area contributed by atoms with Gasteiger partial charge in [0.2, 0.25) is 0 Å². The first kappa shape index (κ1) is 14.8. The van der Waals surface area contributed by atoms with Crippen molar-refractivity contribution in [3.63, 3.8) is 0 Å². The van der Waals surface area contributed by atoms with Gasteiger partial charge in [-0.3, -0.25) is 0 Å². The fourth-order valence-electron chi connectivity index (χ4n) is 3.71. The smallest absolute Gasteiger partial charge is 0.125 e. The Morgan fingerprint density at radius 3 is 3.10 bits per heavy atom. The Balaban J connectivity index is 1.90. The summed E-state index contributed by atoms with van der Waals surface area (Å²) in [7, 11) is 2.15. The van der Waals surface area contributed by atoms with E-state index in [1.165, 1.54) is 6.07 Å². The summed E-state index contributed by atoms with van der Waals surface area (Å²) in [6.07, 6.45) is 4.24. The van der Waals surface area contributed by atoms with Gasteiger partial charge in [-0.25, -0.2) is 4.39 Å². The molecule has 116 valence electrons. The first-order chi connectivity index (χ1) is 10.1. The van der Waals surface area contributed by atoms with E-state index in [1.54, 1.807) is 12.1 Å². The van der Waals surface area contributed by atoms with Crippen molar-refractivity contribution < 1.29 is 9.13 Å². The second-order valence-corrected chi connectivity index (χ2v) is 6.52. The van der Waals surface area contributed by atoms with Crippen molar-refractivity contribution in [1.82, 2.24) is 10.2 Å². The molecule has 0 bridgehead atoms. The fourth-order valence-corrected chi connectivity index (χ4v) is 3.71. The molecular formula is C17H25FN2O. The third kappa shape index (κ3) is 3.06. The molecule has 0 aromatic heterocycles. The zero-order valence-electron chi connectivity index (χ0n) is 13.0. The maximum atomic E-state index is 13.6. The third-order valence-electron chi connectivity index (χ3n) is 4.62. The Labute approximate surface area is 126 Å². The minimum Gasteiger partial charge on any atom is -0.486 e. The molecule has 2 aliphatic heterocycles. The quantitative estimate of drug-likeness (QED) is 0.926. The number of ether oxygens (including phenoxy) is 1. The molecule has 3 nitrogen and oxygen atoms in total. The summed E-state index contributed by atoms with van der Waals surface area (Å²) in [6.45, 7) is 5.19. The molecule has 0 amide bonds. The summed E-state index contributed by atoms with van der Waals surface area (Å²) in [5.74, 6) is 0.670. The van der Waals surface area contributed by atoms with Gasteiger partial charge in [-0.2, -0.15) is 0 Å². The highest BCUT2D eigenvalue weighted by atomic mass is 19.1. The molecule has 21 heavy (non-hydrogen) atoms. The van der Waals surface area contributed by atoms with Gasteiger partial charge in [-0.05, 0) is 57.6 Å². The van der Waals surface area contributed by atoms with Crippen LogP contribution < -0.4 is 10.1 Å². The van der Waals surface area contributed by atoms with Crippen molar-refractivity contribution in [2.75, 3.05) is 26.7 Å². The molecule has 1 aromatic rings. The van der Waals surface area contributed by atoms with Gasteiger partial charge in [0.05, 0.1) is 0 Å². The summed E-state index contributed by atoms with van der Waals surface area (Å²) in [5.41, 5.74) is 0.853. The highest BCUT2D eigenvalue weighted by Gasteiger charge is 2.43. The molecule has 1 fully saturated rings. The molecule has 0 saturated carbocycles. The van der Waals surface area contributed by atoms with E-state index in [1.807, 2.05) is 0 Å². The number of hydrogen-bond donors (Lipinski definition) is 1. The van der Waals surface area contributed by atoms with Crippen LogP contribution >= 0.6 is 0 Å². The van der Waals surface area contributed by atoms with Crippen molar-refractivity contribution in [2.24, 2.45) is 0 Å². The number of hydrogen-bond acceptors (Lipinski definition) is 3. The molecular weight excluding hydrogens is 267 g/mol. The summed E-state index contributed by atoms with van der Waals surface area (Å²) in [5, 5.41) is 3.58. The predicted octanol–water partition coefficient (Wildman–Crippen LogP) is 3.11. The van der Waals surface area contributed by atoms with E-state index in [0.717, 1.165) is 56.6 Å². The second kappa shape index (κ2) is 5.93. The number of nitrogens with one attached hydrogen (secondary N) is 1. The molecule has 0 radical (unpaired) electrons. The Hall–Kier alpha value is -1.13. The average Bonchev–Trinajstić information content (AvgIpc) is 2.45. The molecule has 1 spiro atoms. The summed E-state index contributed by atoms with van der Waals surface area (Å²) in [4.78, 5) is 2.34. The van der Waals surface area contributed by atoms with Crippen molar-refractivity contribution in [3.8, 4) is 5.75 Å². The number of likely N-dealkylation sites (N-methyl/N-ethyl adjacent to an activating group) is 1. The van der Waals surface area contributed by atoms with Crippen LogP contribution in [0.3, 0.4) is 0 Å². The standard InChI is InChI=1S/C17H25FN2O/c1-3-8-19-15-11-17(7-4-9-20(2)12-17)21-16-6-5-13(18)10-14(15)16/h5-6,10,15,19H,3-4,7-9,11-12H2,1-2H3. The van der Waals surface area contributed by atoms with Crippen molar-refractivity contribution in [2.45, 2.75) is 44.2 Å². The Kier molecular flexibility index (Phi) is 4.18. The number of nitrogens with zero attached hydrogens (tertiary/aromatic N) is 1. The maximum Gasteiger partial charge on any atom is 0.125 e. The van der Waals surface area contributed by atoms with Crippen LogP contribution in [0.15, 0.2) is 18.2 Å². The summed E-state index contributed by atoms with van der Waals surface area (Å²) in [6, 6.07) is 5.11. The summed E-state index contributed by atoms with van der Waals surface area (Å²) >= 11 is 0. The monoisotopic (exact) mass is 292 g/mol. The topological polar surface area (TPSA) is 24.5 Å². The lowest BCUT2D eigenvalue weighted by Crippen LogP contribution is -2.54. The molecule has 1 aromatic carbocycles. The van der Waals surface area contributed by atoms with Gasteiger partial charge in [0.25, 0.3) is 0 Å². The van der Waals surface area contributed by atoms with Crippen molar-refractivity contribution in [3.05, 3.63) is 29.6 Å². The molecule has 2 aliphatic rings. The molecule has 4 heteroatoms. The number of halogens is 1. The third-order valence-corrected chi connectivity index (χ3v) is 4.62. The van der Waals surface area contributed by atoms with Crippen molar-refractivity contribution in [1.29, 1.82) is 0 Å². The fraction of sp³-hybridized carbons (Fsp3) is 0.647. The van der Waals surface area contributed by atoms with Gasteiger partial charge >= 0.3 is 0 Å². The molecule has 1 saturated heterocycles. The van der Waals surface area contributed by atoms with Gasteiger partial charge in [0.1, 0.15) is 17.2 Å². The lowest BCUT2D eigenvalue weighted by atomic mass is 9.81. The maximum absolute atomic E-state index is 13.6. The van der Waals surface area contributed by atoms with Crippen LogP contribution in [0.4, 0.5) is 4.39 Å². The second-order valence-electron chi connectivity index (χ2n) is 6.52. The highest BCUT2D eigenvalue weighted by Crippen LogP contribution is 2.43. The number of piperidine rings is 1. The summed E-state index contributed by atoms with van der Waals surface area (Å²) < 4.78 is 19.9. The van der Waals surface area contributed by atoms with Gasteiger partial charge in [-0.15, -0.1) is 0 Å². The van der Waals surface area contributed by atoms with E-state index in [-0.39, 0.29) is 17.5 Å². The number of likely N-dealkylation sites (tertiary alicyclic amines) is 1. The first-order valence-electron chi connectivity index (χ1n) is 8.02. The van der Waals surface area contributed by atoms with Crippen LogP contribution in [0.25, 0.3) is 0 Å². The SMILES string of the molecule is CCCNC1CC2(CCCN(C)C2)Oc2ccc(F)cc21. The predicted molar refractivity (Wildman–Crippen MR) is 82.1 cm³/mol. The van der Waals surface area contributed by atoms with Crippen LogP contribution in [0.1, 0.15) is 44.2 Å². The van der Waals surface area contributed by atoms with Crippen molar-refractivity contribution >= 4 is 0 Å². The molecule has 1 N–H and O–H groups in total. The Bertz CT molecular complexity index is 508. The van der Waals surface area contributed by atoms with Crippen LogP contribution in [0.2, 0.25) is 0 Å². The molecule has 2 atom stereocenters. The van der Waals surface area contributed by atoms with Gasteiger partial charge in [-0.1, -0.05) is 6.92 Å². The average molecular weight is 292 g/mol. The molecule has 3 rings (SSSR count). The minimum absolute atomic E-state index is 0.122. The largest absolute Gasteiger partial charge is 0.486 e. The van der Waals surface area contributed by atoms with Gasteiger partial charge in [0, 0.05) is 24.6 Å². The zero-order chi connectivity index (χ0) is 14.9. The normalized spacial score (nSPS) is 29.2. The van der Waals surface area contributed by atoms with E-state index in [0.29, 0.717) is 0 Å². The molecule has 0 aliphatic carbocycles. The molecule has 2 heterocycles. The number of fused-ring (bicyclic) bond motifs is 1. The van der Waals surface area contributed by atoms with E-state index in [4.69, 9.17) is 4.74 Å². The lowest BCUT2D eigenvalue weighted by Gasteiger charge is -2.47. The highest BCUT2D eigenvalue weighted by molar-refractivity contribution is 5.39.